The van der Waals surface area contributed by atoms with Crippen LogP contribution < -0.4 is 0 Å². The molecule has 6 heteroatoms. The van der Waals surface area contributed by atoms with Gasteiger partial charge >= 0.3 is 5.97 Å². The summed E-state index contributed by atoms with van der Waals surface area (Å²) in [7, 11) is 0. The molecule has 0 aromatic carbocycles. The van der Waals surface area contributed by atoms with Gasteiger partial charge in [0.2, 0.25) is 0 Å². The number of rotatable bonds is 3. The Bertz CT molecular complexity index is 121. The van der Waals surface area contributed by atoms with E-state index in [9.17, 15) is 4.79 Å². The van der Waals surface area contributed by atoms with Crippen LogP contribution in [0.5, 0.6) is 0 Å². The largest absolute Gasteiger partial charge is 0.481 e. The number of esters is 1. The summed E-state index contributed by atoms with van der Waals surface area (Å²) in [4.78, 5) is 19.3. The van der Waals surface area contributed by atoms with Crippen LogP contribution in [-0.4, -0.2) is 40.8 Å². The maximum Gasteiger partial charge on any atom is 0.308 e. The average Bonchev–Trinajstić information content (AvgIpc) is 1.87. The second-order valence-electron chi connectivity index (χ2n) is 1.80. The lowest BCUT2D eigenvalue weighted by Crippen LogP contribution is -2.05. The van der Waals surface area contributed by atoms with E-state index < -0.39 is 5.97 Å². The minimum Gasteiger partial charge on any atom is -0.481 e. The summed E-state index contributed by atoms with van der Waals surface area (Å²) in [6.45, 7) is 3.08. The summed E-state index contributed by atoms with van der Waals surface area (Å²) in [5.74, 6) is -1.17. The third-order valence-electron chi connectivity index (χ3n) is 0.621. The number of carbonyl (C=O) groups is 2. The second kappa shape index (κ2) is 13.4. The molecule has 0 spiro atoms. The number of ether oxygens (including phenoxy) is 1. The molecule has 6 nitrogen and oxygen atoms in total. The van der Waals surface area contributed by atoms with Crippen molar-refractivity contribution in [1.29, 1.82) is 0 Å². The Kier molecular flexibility index (Phi) is 18.4. The summed E-state index contributed by atoms with van der Waals surface area (Å²) >= 11 is 0. The van der Waals surface area contributed by atoms with Gasteiger partial charge in [-0.2, -0.15) is 0 Å². The van der Waals surface area contributed by atoms with Gasteiger partial charge in [-0.1, -0.05) is 0 Å². The summed E-state index contributed by atoms with van der Waals surface area (Å²) in [6, 6.07) is 0. The van der Waals surface area contributed by atoms with Gasteiger partial charge in [0.25, 0.3) is 5.97 Å². The van der Waals surface area contributed by atoms with E-state index in [1.165, 1.54) is 0 Å². The minimum absolute atomic E-state index is 0. The van der Waals surface area contributed by atoms with Crippen LogP contribution in [0.1, 0.15) is 20.3 Å². The molecule has 0 radical (unpaired) electrons. The SMILES string of the molecule is CC(=O)O.CCOC(=O)CCO.O. The highest BCUT2D eigenvalue weighted by molar-refractivity contribution is 5.69. The maximum atomic E-state index is 10.3. The molecule has 0 aliphatic rings. The molecule has 0 rings (SSSR count). The van der Waals surface area contributed by atoms with Crippen molar-refractivity contribution >= 4 is 11.9 Å². The molecule has 0 aliphatic carbocycles. The fraction of sp³-hybridized carbons (Fsp3) is 0.714. The van der Waals surface area contributed by atoms with Gasteiger partial charge in [-0.15, -0.1) is 0 Å². The Balaban J connectivity index is -0.000000173. The predicted octanol–water partition coefficient (Wildman–Crippen LogP) is -0.802. The molecule has 0 aromatic rings. The zero-order valence-electron chi connectivity index (χ0n) is 7.74. The zero-order valence-corrected chi connectivity index (χ0v) is 7.74. The van der Waals surface area contributed by atoms with Gasteiger partial charge in [-0.25, -0.2) is 0 Å². The Morgan fingerprint density at radius 3 is 2.00 bits per heavy atom. The van der Waals surface area contributed by atoms with E-state index in [-0.39, 0.29) is 24.5 Å². The molecular weight excluding hydrogens is 180 g/mol. The Labute approximate surface area is 76.4 Å². The molecule has 0 heterocycles. The van der Waals surface area contributed by atoms with Crippen LogP contribution in [-0.2, 0) is 14.3 Å². The van der Waals surface area contributed by atoms with Crippen LogP contribution >= 0.6 is 0 Å². The average molecular weight is 196 g/mol. The van der Waals surface area contributed by atoms with Gasteiger partial charge in [0, 0.05) is 6.92 Å². The second-order valence-corrected chi connectivity index (χ2v) is 1.80. The quantitative estimate of drug-likeness (QED) is 0.573. The molecule has 0 aliphatic heterocycles. The first-order valence-corrected chi connectivity index (χ1v) is 3.50. The Morgan fingerprint density at radius 1 is 1.38 bits per heavy atom. The van der Waals surface area contributed by atoms with Gasteiger partial charge in [0.05, 0.1) is 19.6 Å². The van der Waals surface area contributed by atoms with Crippen molar-refractivity contribution in [2.24, 2.45) is 0 Å². The standard InChI is InChI=1S/C5H10O3.C2H4O2.H2O/c1-2-8-5(7)3-4-6;1-2(3)4;/h6H,2-4H2,1H3;1H3,(H,3,4);1H2. The van der Waals surface area contributed by atoms with Crippen LogP contribution in [0.4, 0.5) is 0 Å². The van der Waals surface area contributed by atoms with Crippen LogP contribution in [0.3, 0.4) is 0 Å². The Hall–Kier alpha value is -1.14. The summed E-state index contributed by atoms with van der Waals surface area (Å²) in [5, 5.41) is 15.6. The molecule has 0 saturated carbocycles. The highest BCUT2D eigenvalue weighted by Gasteiger charge is 1.96. The maximum absolute atomic E-state index is 10.3. The summed E-state index contributed by atoms with van der Waals surface area (Å²) in [6.07, 6.45) is 0.105. The number of aliphatic hydroxyl groups excluding tert-OH is 1. The van der Waals surface area contributed by atoms with E-state index >= 15 is 0 Å². The van der Waals surface area contributed by atoms with Crippen molar-refractivity contribution < 1.29 is 30.0 Å². The number of aliphatic hydroxyl groups is 1. The predicted molar refractivity (Wildman–Crippen MR) is 45.3 cm³/mol. The number of hydrogen-bond acceptors (Lipinski definition) is 4. The molecule has 0 amide bonds. The third kappa shape index (κ3) is 36.1. The van der Waals surface area contributed by atoms with Crippen LogP contribution in [0.2, 0.25) is 0 Å². The third-order valence-corrected chi connectivity index (χ3v) is 0.621. The van der Waals surface area contributed by atoms with Crippen molar-refractivity contribution in [3.8, 4) is 0 Å². The molecule has 0 bridgehead atoms. The molecule has 0 fully saturated rings. The van der Waals surface area contributed by atoms with E-state index in [1.54, 1.807) is 6.92 Å². The fourth-order valence-corrected chi connectivity index (χ4v) is 0.324. The molecule has 80 valence electrons. The molecular formula is C7H16O6. The van der Waals surface area contributed by atoms with E-state index in [4.69, 9.17) is 15.0 Å². The van der Waals surface area contributed by atoms with Crippen molar-refractivity contribution in [3.63, 3.8) is 0 Å². The molecule has 4 N–H and O–H groups in total. The summed E-state index contributed by atoms with van der Waals surface area (Å²) in [5.41, 5.74) is 0. The normalized spacial score (nSPS) is 7.31. The van der Waals surface area contributed by atoms with E-state index in [0.717, 1.165) is 6.92 Å². The van der Waals surface area contributed by atoms with Crippen LogP contribution in [0, 0.1) is 0 Å². The molecule has 13 heavy (non-hydrogen) atoms. The van der Waals surface area contributed by atoms with Gasteiger partial charge in [-0.3, -0.25) is 9.59 Å². The van der Waals surface area contributed by atoms with Crippen molar-refractivity contribution in [3.05, 3.63) is 0 Å². The number of hydrogen-bond donors (Lipinski definition) is 2. The van der Waals surface area contributed by atoms with Crippen molar-refractivity contribution in [1.82, 2.24) is 0 Å². The van der Waals surface area contributed by atoms with Gasteiger partial charge in [0.15, 0.2) is 0 Å². The highest BCUT2D eigenvalue weighted by Crippen LogP contribution is 1.82. The number of carbonyl (C=O) groups excluding carboxylic acids is 1. The van der Waals surface area contributed by atoms with Crippen molar-refractivity contribution in [2.75, 3.05) is 13.2 Å². The smallest absolute Gasteiger partial charge is 0.308 e. The molecule has 0 aromatic heterocycles. The molecule has 0 atom stereocenters. The van der Waals surface area contributed by atoms with Crippen LogP contribution in [0.15, 0.2) is 0 Å². The monoisotopic (exact) mass is 196 g/mol. The minimum atomic E-state index is -0.833. The summed E-state index contributed by atoms with van der Waals surface area (Å²) < 4.78 is 4.48. The Morgan fingerprint density at radius 2 is 1.77 bits per heavy atom. The molecule has 0 saturated heterocycles. The number of aliphatic carboxylic acids is 1. The number of carboxylic acids is 1. The van der Waals surface area contributed by atoms with Crippen molar-refractivity contribution in [2.45, 2.75) is 20.3 Å². The first-order valence-electron chi connectivity index (χ1n) is 3.50. The fourth-order valence-electron chi connectivity index (χ4n) is 0.324. The topological polar surface area (TPSA) is 115 Å². The van der Waals surface area contributed by atoms with E-state index in [2.05, 4.69) is 4.74 Å². The zero-order chi connectivity index (χ0) is 9.98. The van der Waals surface area contributed by atoms with Crippen LogP contribution in [0.25, 0.3) is 0 Å². The van der Waals surface area contributed by atoms with Gasteiger partial charge in [-0.05, 0) is 6.92 Å². The van der Waals surface area contributed by atoms with Gasteiger partial charge < -0.3 is 20.4 Å². The lowest BCUT2D eigenvalue weighted by atomic mass is 10.5. The lowest BCUT2D eigenvalue weighted by molar-refractivity contribution is -0.143. The molecule has 0 unspecified atom stereocenters. The lowest BCUT2D eigenvalue weighted by Gasteiger charge is -1.96. The van der Waals surface area contributed by atoms with E-state index in [1.807, 2.05) is 0 Å². The van der Waals surface area contributed by atoms with E-state index in [0.29, 0.717) is 6.61 Å². The highest BCUT2D eigenvalue weighted by atomic mass is 16.5. The first-order chi connectivity index (χ1) is 5.54. The first kappa shape index (κ1) is 17.8. The number of carboxylic acid groups (broad SMARTS) is 1. The van der Waals surface area contributed by atoms with Gasteiger partial charge in [0.1, 0.15) is 0 Å².